The van der Waals surface area contributed by atoms with Crippen LogP contribution in [0.25, 0.3) is 0 Å². The number of benzene rings is 3. The second kappa shape index (κ2) is 17.6. The van der Waals surface area contributed by atoms with Gasteiger partial charge in [0, 0.05) is 43.5 Å². The van der Waals surface area contributed by atoms with Crippen LogP contribution in [0.3, 0.4) is 0 Å². The molecule has 3 aromatic carbocycles. The summed E-state index contributed by atoms with van der Waals surface area (Å²) in [6, 6.07) is 14.0. The van der Waals surface area contributed by atoms with Crippen molar-refractivity contribution in [2.75, 3.05) is 44.0 Å². The van der Waals surface area contributed by atoms with Gasteiger partial charge in [-0.3, -0.25) is 9.69 Å². The average molecular weight is 703 g/mol. The lowest BCUT2D eigenvalue weighted by Gasteiger charge is -2.36. The van der Waals surface area contributed by atoms with E-state index in [-0.39, 0.29) is 36.8 Å². The maximum Gasteiger partial charge on any atom is 0.416 e. The van der Waals surface area contributed by atoms with E-state index in [4.69, 9.17) is 9.47 Å². The molecule has 0 bridgehead atoms. The molecule has 0 aromatic heterocycles. The molecule has 0 aliphatic carbocycles. The largest absolute Gasteiger partial charge is 0.490 e. The minimum Gasteiger partial charge on any atom is -0.490 e. The zero-order chi connectivity index (χ0) is 36.4. The Labute approximate surface area is 290 Å². The fourth-order valence-corrected chi connectivity index (χ4v) is 5.77. The van der Waals surface area contributed by atoms with E-state index in [1.807, 2.05) is 25.8 Å². The van der Waals surface area contributed by atoms with Crippen molar-refractivity contribution < 1.29 is 41.7 Å². The number of alkyl halides is 3. The molecule has 50 heavy (non-hydrogen) atoms. The summed E-state index contributed by atoms with van der Waals surface area (Å²) in [5, 5.41) is 15.6. The van der Waals surface area contributed by atoms with Crippen molar-refractivity contribution in [3.8, 4) is 5.75 Å². The van der Waals surface area contributed by atoms with E-state index in [9.17, 15) is 32.3 Å². The van der Waals surface area contributed by atoms with Gasteiger partial charge in [0.05, 0.1) is 36.0 Å². The molecule has 0 saturated heterocycles. The lowest BCUT2D eigenvalue weighted by Crippen LogP contribution is -2.47. The Hall–Kier alpha value is -4.20. The number of nitrogens with one attached hydrogen (secondary N) is 2. The highest BCUT2D eigenvalue weighted by Crippen LogP contribution is 2.30. The summed E-state index contributed by atoms with van der Waals surface area (Å²) >= 11 is 0. The molecule has 0 unspecified atom stereocenters. The van der Waals surface area contributed by atoms with Crippen molar-refractivity contribution >= 4 is 23.3 Å². The first-order valence-electron chi connectivity index (χ1n) is 16.8. The van der Waals surface area contributed by atoms with E-state index in [1.165, 1.54) is 42.5 Å². The number of nitrogens with zero attached hydrogens (tertiary/aromatic N) is 2. The number of aliphatic hydroxyl groups excluding tert-OH is 1. The van der Waals surface area contributed by atoms with Gasteiger partial charge in [-0.05, 0) is 100 Å². The number of urea groups is 1. The number of carbonyl (C=O) groups excluding carboxylic acids is 2. The van der Waals surface area contributed by atoms with E-state index in [1.54, 1.807) is 24.0 Å². The molecule has 3 amide bonds. The minimum absolute atomic E-state index is 0.206. The average Bonchev–Trinajstić information content (AvgIpc) is 3.07. The quantitative estimate of drug-likeness (QED) is 0.211. The predicted molar refractivity (Wildman–Crippen MR) is 184 cm³/mol. The van der Waals surface area contributed by atoms with Crippen LogP contribution in [0.15, 0.2) is 66.7 Å². The zero-order valence-corrected chi connectivity index (χ0v) is 28.8. The Balaban J connectivity index is 1.56. The molecular formula is C37H46F4N4O5. The third kappa shape index (κ3) is 11.2. The molecule has 1 heterocycles. The van der Waals surface area contributed by atoms with Crippen molar-refractivity contribution in [2.24, 2.45) is 5.92 Å². The topological polar surface area (TPSA) is 103 Å². The number of fused-ring (bicyclic) bond motifs is 1. The number of likely N-dealkylation sites (N-methyl/N-ethyl adjacent to an activating group) is 1. The Morgan fingerprint density at radius 3 is 2.34 bits per heavy atom. The molecule has 4 atom stereocenters. The molecule has 272 valence electrons. The van der Waals surface area contributed by atoms with Crippen LogP contribution in [-0.2, 0) is 17.5 Å². The number of ether oxygens (including phenoxy) is 2. The predicted octanol–water partition coefficient (Wildman–Crippen LogP) is 7.42. The second-order valence-electron chi connectivity index (χ2n) is 13.0. The smallest absolute Gasteiger partial charge is 0.416 e. The molecule has 1 aliphatic rings. The van der Waals surface area contributed by atoms with Crippen molar-refractivity contribution in [3.05, 3.63) is 89.2 Å². The molecule has 4 rings (SSSR count). The number of halogens is 4. The van der Waals surface area contributed by atoms with Gasteiger partial charge in [-0.15, -0.1) is 0 Å². The van der Waals surface area contributed by atoms with Crippen LogP contribution < -0.4 is 15.4 Å². The summed E-state index contributed by atoms with van der Waals surface area (Å²) in [5.41, 5.74) is 0.935. The SMILES string of the molecule is C[C@@H]1CN([C@H](C)CO)C(=O)c2cc(NC(=O)Nc3ccc(F)cc3)ccc2O[C@@H](C)CCCCO[C@H]1CN(C)Cc1ccc(C(F)(F)F)cc1. The third-order valence-electron chi connectivity index (χ3n) is 8.64. The summed E-state index contributed by atoms with van der Waals surface area (Å²) in [5.74, 6) is -0.709. The van der Waals surface area contributed by atoms with Gasteiger partial charge in [0.1, 0.15) is 11.6 Å². The first kappa shape index (κ1) is 38.6. The minimum atomic E-state index is -4.41. The van der Waals surface area contributed by atoms with Gasteiger partial charge < -0.3 is 30.1 Å². The van der Waals surface area contributed by atoms with Gasteiger partial charge in [0.25, 0.3) is 5.91 Å². The Bertz CT molecular complexity index is 1550. The van der Waals surface area contributed by atoms with Crippen LogP contribution in [0.5, 0.6) is 5.75 Å². The number of carbonyl (C=O) groups is 2. The van der Waals surface area contributed by atoms with Crippen LogP contribution in [0.4, 0.5) is 33.7 Å². The Morgan fingerprint density at radius 1 is 1.02 bits per heavy atom. The highest BCUT2D eigenvalue weighted by molar-refractivity contribution is 6.02. The molecular weight excluding hydrogens is 656 g/mol. The van der Waals surface area contributed by atoms with E-state index in [2.05, 4.69) is 10.6 Å². The van der Waals surface area contributed by atoms with Gasteiger partial charge in [-0.25, -0.2) is 9.18 Å². The second-order valence-corrected chi connectivity index (χ2v) is 13.0. The first-order chi connectivity index (χ1) is 23.7. The maximum atomic E-state index is 14.3. The van der Waals surface area contributed by atoms with Gasteiger partial charge in [-0.1, -0.05) is 19.1 Å². The highest BCUT2D eigenvalue weighted by atomic mass is 19.4. The summed E-state index contributed by atoms with van der Waals surface area (Å²) in [4.78, 5) is 30.6. The van der Waals surface area contributed by atoms with Crippen molar-refractivity contribution in [2.45, 2.75) is 71.0 Å². The molecule has 13 heteroatoms. The Kier molecular flexibility index (Phi) is 13.6. The number of aliphatic hydroxyl groups is 1. The fourth-order valence-electron chi connectivity index (χ4n) is 5.77. The van der Waals surface area contributed by atoms with Crippen LogP contribution >= 0.6 is 0 Å². The van der Waals surface area contributed by atoms with Crippen molar-refractivity contribution in [1.82, 2.24) is 9.80 Å². The normalized spacial score (nSPS) is 20.0. The summed E-state index contributed by atoms with van der Waals surface area (Å²) in [6.45, 7) is 6.85. The molecule has 9 nitrogen and oxygen atoms in total. The Morgan fingerprint density at radius 2 is 1.68 bits per heavy atom. The fraction of sp³-hybridized carbons (Fsp3) is 0.459. The van der Waals surface area contributed by atoms with Gasteiger partial charge in [0.15, 0.2) is 0 Å². The van der Waals surface area contributed by atoms with Crippen LogP contribution in [0.2, 0.25) is 0 Å². The molecule has 0 spiro atoms. The highest BCUT2D eigenvalue weighted by Gasteiger charge is 2.32. The number of hydrogen-bond donors (Lipinski definition) is 3. The first-order valence-corrected chi connectivity index (χ1v) is 16.8. The third-order valence-corrected chi connectivity index (χ3v) is 8.64. The van der Waals surface area contributed by atoms with E-state index in [0.717, 1.165) is 30.5 Å². The summed E-state index contributed by atoms with van der Waals surface area (Å²) < 4.78 is 65.1. The molecule has 0 fully saturated rings. The number of anilines is 2. The van der Waals surface area contributed by atoms with Gasteiger partial charge >= 0.3 is 12.2 Å². The van der Waals surface area contributed by atoms with Crippen LogP contribution in [0, 0.1) is 11.7 Å². The van der Waals surface area contributed by atoms with E-state index >= 15 is 0 Å². The zero-order valence-electron chi connectivity index (χ0n) is 28.8. The number of rotatable bonds is 8. The molecule has 0 radical (unpaired) electrons. The lowest BCUT2D eigenvalue weighted by molar-refractivity contribution is -0.137. The summed E-state index contributed by atoms with van der Waals surface area (Å²) in [7, 11) is 1.87. The molecule has 1 aliphatic heterocycles. The van der Waals surface area contributed by atoms with Gasteiger partial charge in [-0.2, -0.15) is 13.2 Å². The number of hydrogen-bond acceptors (Lipinski definition) is 6. The van der Waals surface area contributed by atoms with Crippen LogP contribution in [-0.4, -0.2) is 78.4 Å². The molecule has 3 aromatic rings. The lowest BCUT2D eigenvalue weighted by atomic mass is 10.0. The maximum absolute atomic E-state index is 14.3. The van der Waals surface area contributed by atoms with E-state index < -0.39 is 35.5 Å². The van der Waals surface area contributed by atoms with E-state index in [0.29, 0.717) is 43.2 Å². The van der Waals surface area contributed by atoms with Crippen molar-refractivity contribution in [1.29, 1.82) is 0 Å². The monoisotopic (exact) mass is 702 g/mol. The molecule has 3 N–H and O–H groups in total. The molecule has 0 saturated carbocycles. The van der Waals surface area contributed by atoms with Crippen LogP contribution in [0.1, 0.15) is 61.5 Å². The van der Waals surface area contributed by atoms with Gasteiger partial charge in [0.2, 0.25) is 0 Å². The summed E-state index contributed by atoms with van der Waals surface area (Å²) in [6.07, 6.45) is -2.70. The standard InChI is InChI=1S/C37H46F4N4O5/c1-24-20-45(25(2)23-46)35(47)32-19-31(43-36(48)42-30-14-12-29(38)13-15-30)16-17-33(32)50-26(3)7-5-6-18-49-34(24)22-44(4)21-27-8-10-28(11-9-27)37(39,40)41/h8-17,19,24-26,34,46H,5-7,18,20-23H2,1-4H3,(H2,42,43,48)/t24-,25-,26+,34+/m1/s1. The van der Waals surface area contributed by atoms with Crippen molar-refractivity contribution in [3.63, 3.8) is 0 Å². The number of amides is 3.